The minimum absolute atomic E-state index is 0.147. The van der Waals surface area contributed by atoms with Crippen molar-refractivity contribution in [1.29, 1.82) is 10.8 Å². The molecule has 0 saturated heterocycles. The average molecular weight is 515 g/mol. The highest BCUT2D eigenvalue weighted by molar-refractivity contribution is 6.13. The SMILES string of the molecule is CCCC(=N)N(C)C(=N)c1ccccc1NC(=O)c1cc(N(CC)CCN(C)C)nc(-c2ccccc2)n1. The number of hydrogen-bond acceptors (Lipinski definition) is 7. The Kier molecular flexibility index (Phi) is 10.1. The topological polar surface area (TPSA) is 112 Å². The van der Waals surface area contributed by atoms with Crippen LogP contribution in [0.2, 0.25) is 0 Å². The Morgan fingerprint density at radius 2 is 1.61 bits per heavy atom. The molecule has 0 fully saturated rings. The van der Waals surface area contributed by atoms with Crippen LogP contribution < -0.4 is 10.2 Å². The van der Waals surface area contributed by atoms with Crippen LogP contribution in [0.25, 0.3) is 11.4 Å². The number of hydrogen-bond donors (Lipinski definition) is 3. The summed E-state index contributed by atoms with van der Waals surface area (Å²) < 4.78 is 0. The summed E-state index contributed by atoms with van der Waals surface area (Å²) in [7, 11) is 5.76. The molecule has 0 aliphatic carbocycles. The number of carbonyl (C=O) groups excluding carboxylic acids is 1. The van der Waals surface area contributed by atoms with Crippen molar-refractivity contribution in [3.05, 3.63) is 71.9 Å². The maximum atomic E-state index is 13.6. The van der Waals surface area contributed by atoms with Crippen LogP contribution in [0.3, 0.4) is 0 Å². The first kappa shape index (κ1) is 28.5. The van der Waals surface area contributed by atoms with Gasteiger partial charge in [-0.3, -0.25) is 15.6 Å². The number of nitrogens with one attached hydrogen (secondary N) is 3. The summed E-state index contributed by atoms with van der Waals surface area (Å²) >= 11 is 0. The van der Waals surface area contributed by atoms with Gasteiger partial charge in [0.2, 0.25) is 0 Å². The molecule has 9 nitrogen and oxygen atoms in total. The summed E-state index contributed by atoms with van der Waals surface area (Å²) in [6, 6.07) is 18.5. The average Bonchev–Trinajstić information content (AvgIpc) is 2.93. The second-order valence-electron chi connectivity index (χ2n) is 9.29. The minimum atomic E-state index is -0.388. The zero-order valence-corrected chi connectivity index (χ0v) is 23.0. The van der Waals surface area contributed by atoms with Gasteiger partial charge in [0.1, 0.15) is 23.2 Å². The Morgan fingerprint density at radius 3 is 2.26 bits per heavy atom. The fourth-order valence-corrected chi connectivity index (χ4v) is 3.89. The standard InChI is InChI=1S/C29H38N8O/c1-6-13-25(30)36(5)27(31)22-16-11-12-17-23(22)33-29(38)24-20-26(37(7-2)19-18-35(3)4)34-28(32-24)21-14-9-8-10-15-21/h8-12,14-17,20,30-31H,6-7,13,18-19H2,1-5H3,(H,33,38). The van der Waals surface area contributed by atoms with Gasteiger partial charge in [0.15, 0.2) is 5.82 Å². The molecule has 1 heterocycles. The molecule has 2 aromatic carbocycles. The second-order valence-corrected chi connectivity index (χ2v) is 9.29. The predicted octanol–water partition coefficient (Wildman–Crippen LogP) is 4.82. The lowest BCUT2D eigenvalue weighted by Gasteiger charge is -2.25. The molecule has 9 heteroatoms. The number of aromatic nitrogens is 2. The predicted molar refractivity (Wildman–Crippen MR) is 156 cm³/mol. The van der Waals surface area contributed by atoms with E-state index in [2.05, 4.69) is 27.0 Å². The number of rotatable bonds is 11. The van der Waals surface area contributed by atoms with Crippen LogP contribution in [0.15, 0.2) is 60.7 Å². The molecule has 0 spiro atoms. The molecule has 0 aliphatic rings. The molecular weight excluding hydrogens is 476 g/mol. The van der Waals surface area contributed by atoms with Crippen LogP contribution in [-0.2, 0) is 0 Å². The van der Waals surface area contributed by atoms with E-state index in [1.807, 2.05) is 63.5 Å². The van der Waals surface area contributed by atoms with E-state index in [0.29, 0.717) is 35.1 Å². The van der Waals surface area contributed by atoms with E-state index < -0.39 is 0 Å². The van der Waals surface area contributed by atoms with Crippen molar-refractivity contribution in [3.8, 4) is 11.4 Å². The van der Waals surface area contributed by atoms with Crippen LogP contribution in [0.1, 0.15) is 42.7 Å². The molecule has 1 aromatic heterocycles. The molecule has 0 saturated carbocycles. The monoisotopic (exact) mass is 514 g/mol. The number of nitrogens with zero attached hydrogens (tertiary/aromatic N) is 5. The highest BCUT2D eigenvalue weighted by atomic mass is 16.1. The lowest BCUT2D eigenvalue weighted by molar-refractivity contribution is 0.102. The number of likely N-dealkylation sites (N-methyl/N-ethyl adjacent to an activating group) is 2. The van der Waals surface area contributed by atoms with E-state index >= 15 is 0 Å². The molecule has 3 aromatic rings. The van der Waals surface area contributed by atoms with E-state index in [-0.39, 0.29) is 17.4 Å². The van der Waals surface area contributed by atoms with Crippen LogP contribution in [0.4, 0.5) is 11.5 Å². The maximum absolute atomic E-state index is 13.6. The van der Waals surface area contributed by atoms with Gasteiger partial charge in [0.05, 0.1) is 5.69 Å². The van der Waals surface area contributed by atoms with E-state index in [4.69, 9.17) is 15.8 Å². The molecule has 38 heavy (non-hydrogen) atoms. The van der Waals surface area contributed by atoms with Crippen molar-refractivity contribution >= 4 is 29.1 Å². The Hall–Kier alpha value is -4.11. The number of amidine groups is 2. The third kappa shape index (κ3) is 7.23. The summed E-state index contributed by atoms with van der Waals surface area (Å²) in [4.78, 5) is 28.7. The van der Waals surface area contributed by atoms with Crippen molar-refractivity contribution in [2.75, 3.05) is 51.0 Å². The van der Waals surface area contributed by atoms with Crippen molar-refractivity contribution in [3.63, 3.8) is 0 Å². The van der Waals surface area contributed by atoms with Crippen LogP contribution in [0.5, 0.6) is 0 Å². The maximum Gasteiger partial charge on any atom is 0.274 e. The van der Waals surface area contributed by atoms with Crippen molar-refractivity contribution in [1.82, 2.24) is 19.8 Å². The van der Waals surface area contributed by atoms with Gasteiger partial charge in [-0.05, 0) is 39.6 Å². The Balaban J connectivity index is 1.97. The molecule has 3 rings (SSSR count). The van der Waals surface area contributed by atoms with Crippen molar-refractivity contribution in [2.45, 2.75) is 26.7 Å². The molecule has 0 aliphatic heterocycles. The molecular formula is C29H38N8O. The zero-order chi connectivity index (χ0) is 27.7. The largest absolute Gasteiger partial charge is 0.355 e. The van der Waals surface area contributed by atoms with Crippen molar-refractivity contribution < 1.29 is 4.79 Å². The van der Waals surface area contributed by atoms with E-state index in [9.17, 15) is 4.79 Å². The van der Waals surface area contributed by atoms with Gasteiger partial charge in [-0.25, -0.2) is 9.97 Å². The van der Waals surface area contributed by atoms with E-state index in [0.717, 1.165) is 31.6 Å². The van der Waals surface area contributed by atoms with Crippen LogP contribution >= 0.6 is 0 Å². The molecule has 0 bridgehead atoms. The normalized spacial score (nSPS) is 10.8. The smallest absolute Gasteiger partial charge is 0.274 e. The first-order valence-electron chi connectivity index (χ1n) is 12.9. The lowest BCUT2D eigenvalue weighted by atomic mass is 10.1. The Labute approximate surface area is 225 Å². The molecule has 3 N–H and O–H groups in total. The number of anilines is 2. The first-order chi connectivity index (χ1) is 18.2. The number of benzene rings is 2. The van der Waals surface area contributed by atoms with E-state index in [1.165, 1.54) is 4.90 Å². The lowest BCUT2D eigenvalue weighted by Crippen LogP contribution is -2.33. The fourth-order valence-electron chi connectivity index (χ4n) is 3.89. The highest BCUT2D eigenvalue weighted by Gasteiger charge is 2.20. The second kappa shape index (κ2) is 13.4. The molecule has 0 atom stereocenters. The quantitative estimate of drug-likeness (QED) is 0.250. The van der Waals surface area contributed by atoms with Gasteiger partial charge >= 0.3 is 0 Å². The highest BCUT2D eigenvalue weighted by Crippen LogP contribution is 2.23. The summed E-state index contributed by atoms with van der Waals surface area (Å²) in [6.07, 6.45) is 1.39. The number of carbonyl (C=O) groups is 1. The van der Waals surface area contributed by atoms with Crippen molar-refractivity contribution in [2.24, 2.45) is 0 Å². The van der Waals surface area contributed by atoms with Gasteiger partial charge in [-0.15, -0.1) is 0 Å². The Bertz CT molecular complexity index is 1260. The third-order valence-corrected chi connectivity index (χ3v) is 6.16. The van der Waals surface area contributed by atoms with Crippen LogP contribution in [0, 0.1) is 10.8 Å². The number of para-hydroxylation sites is 1. The summed E-state index contributed by atoms with van der Waals surface area (Å²) in [5.41, 5.74) is 2.08. The minimum Gasteiger partial charge on any atom is -0.355 e. The fraction of sp³-hybridized carbons (Fsp3) is 0.345. The third-order valence-electron chi connectivity index (χ3n) is 6.16. The summed E-state index contributed by atoms with van der Waals surface area (Å²) in [5, 5.41) is 19.9. The van der Waals surface area contributed by atoms with Gasteiger partial charge in [0, 0.05) is 50.3 Å². The summed E-state index contributed by atoms with van der Waals surface area (Å²) in [5.74, 6) is 1.27. The molecule has 1 amide bonds. The van der Waals surface area contributed by atoms with Gasteiger partial charge in [-0.1, -0.05) is 49.4 Å². The number of amides is 1. The molecule has 0 radical (unpaired) electrons. The van der Waals surface area contributed by atoms with E-state index in [1.54, 1.807) is 25.2 Å². The van der Waals surface area contributed by atoms with Gasteiger partial charge in [-0.2, -0.15) is 0 Å². The van der Waals surface area contributed by atoms with Gasteiger partial charge in [0.25, 0.3) is 5.91 Å². The molecule has 0 unspecified atom stereocenters. The van der Waals surface area contributed by atoms with Gasteiger partial charge < -0.3 is 20.0 Å². The summed E-state index contributed by atoms with van der Waals surface area (Å²) in [6.45, 7) is 6.40. The molecule has 200 valence electrons. The first-order valence-corrected chi connectivity index (χ1v) is 12.9. The zero-order valence-electron chi connectivity index (χ0n) is 23.0. The van der Waals surface area contributed by atoms with Crippen LogP contribution in [-0.4, -0.2) is 78.1 Å². The Morgan fingerprint density at radius 1 is 0.921 bits per heavy atom.